The Morgan fingerprint density at radius 1 is 1.19 bits per heavy atom. The van der Waals surface area contributed by atoms with Crippen LogP contribution in [-0.4, -0.2) is 19.6 Å². The molecule has 120 valence electrons. The molecule has 2 N–H and O–H groups in total. The zero-order valence-corrected chi connectivity index (χ0v) is 14.0. The molecule has 0 aliphatic carbocycles. The van der Waals surface area contributed by atoms with E-state index in [1.165, 1.54) is 0 Å². The van der Waals surface area contributed by atoms with E-state index in [9.17, 15) is 13.5 Å². The van der Waals surface area contributed by atoms with Crippen LogP contribution in [0.1, 0.15) is 57.6 Å². The number of hydrogen-bond donors (Lipinski definition) is 2. The minimum atomic E-state index is -3.52. The third-order valence-corrected chi connectivity index (χ3v) is 5.22. The smallest absolute Gasteiger partial charge is 0.240 e. The Hall–Kier alpha value is -0.910. The molecule has 4 nitrogen and oxygen atoms in total. The van der Waals surface area contributed by atoms with Crippen LogP contribution in [0.2, 0.25) is 0 Å². The molecule has 1 unspecified atom stereocenters. The molecule has 0 spiro atoms. The maximum atomic E-state index is 12.4. The Morgan fingerprint density at radius 3 is 2.48 bits per heavy atom. The van der Waals surface area contributed by atoms with Crippen molar-refractivity contribution in [3.8, 4) is 0 Å². The molecule has 1 aromatic rings. The van der Waals surface area contributed by atoms with Crippen LogP contribution in [0.4, 0.5) is 0 Å². The van der Waals surface area contributed by atoms with Crippen molar-refractivity contribution >= 4 is 10.0 Å². The lowest BCUT2D eigenvalue weighted by molar-refractivity contribution is 0.280. The summed E-state index contributed by atoms with van der Waals surface area (Å²) in [6.07, 6.45) is 4.88. The van der Waals surface area contributed by atoms with Crippen molar-refractivity contribution in [1.82, 2.24) is 4.72 Å². The van der Waals surface area contributed by atoms with E-state index < -0.39 is 10.0 Å². The fourth-order valence-electron chi connectivity index (χ4n) is 2.35. The molecular weight excluding hydrogens is 286 g/mol. The highest BCUT2D eigenvalue weighted by atomic mass is 32.2. The maximum absolute atomic E-state index is 12.4. The molecule has 0 amide bonds. The third-order valence-electron chi connectivity index (χ3n) is 3.64. The van der Waals surface area contributed by atoms with Gasteiger partial charge >= 0.3 is 0 Å². The van der Waals surface area contributed by atoms with Gasteiger partial charge in [-0.2, -0.15) is 0 Å². The summed E-state index contributed by atoms with van der Waals surface area (Å²) < 4.78 is 27.4. The predicted molar refractivity (Wildman–Crippen MR) is 85.7 cm³/mol. The Morgan fingerprint density at radius 2 is 1.90 bits per heavy atom. The van der Waals surface area contributed by atoms with E-state index in [-0.39, 0.29) is 17.5 Å². The molecule has 0 radical (unpaired) electrons. The van der Waals surface area contributed by atoms with Crippen molar-refractivity contribution in [2.45, 2.75) is 70.4 Å². The molecule has 0 aromatic heterocycles. The summed E-state index contributed by atoms with van der Waals surface area (Å²) in [5, 5.41) is 9.35. The molecule has 0 aliphatic rings. The van der Waals surface area contributed by atoms with Gasteiger partial charge in [0.15, 0.2) is 0 Å². The molecule has 0 saturated heterocycles. The summed E-state index contributed by atoms with van der Waals surface area (Å²) in [6, 6.07) is 4.88. The molecule has 1 aromatic carbocycles. The van der Waals surface area contributed by atoms with Gasteiger partial charge in [0, 0.05) is 6.04 Å². The molecule has 1 atom stereocenters. The zero-order valence-electron chi connectivity index (χ0n) is 13.2. The number of aliphatic hydroxyl groups is 1. The van der Waals surface area contributed by atoms with Gasteiger partial charge in [-0.15, -0.1) is 0 Å². The van der Waals surface area contributed by atoms with Crippen molar-refractivity contribution in [2.75, 3.05) is 0 Å². The van der Waals surface area contributed by atoms with Crippen molar-refractivity contribution in [3.05, 3.63) is 29.3 Å². The fourth-order valence-corrected chi connectivity index (χ4v) is 3.68. The molecule has 1 rings (SSSR count). The lowest BCUT2D eigenvalue weighted by atomic mass is 10.1. The Bertz CT molecular complexity index is 540. The first-order chi connectivity index (χ1) is 9.94. The van der Waals surface area contributed by atoms with Crippen LogP contribution in [0.25, 0.3) is 0 Å². The predicted octanol–water partition coefficient (Wildman–Crippen LogP) is 2.99. The second-order valence-corrected chi connectivity index (χ2v) is 7.17. The minimum Gasteiger partial charge on any atom is -0.392 e. The van der Waals surface area contributed by atoms with E-state index in [0.29, 0.717) is 5.56 Å². The summed E-state index contributed by atoms with van der Waals surface area (Å²) in [4.78, 5) is 0.228. The van der Waals surface area contributed by atoms with Gasteiger partial charge in [-0.3, -0.25) is 0 Å². The van der Waals surface area contributed by atoms with E-state index in [1.54, 1.807) is 18.2 Å². The van der Waals surface area contributed by atoms with Gasteiger partial charge < -0.3 is 5.11 Å². The van der Waals surface area contributed by atoms with Crippen LogP contribution in [0.5, 0.6) is 0 Å². The highest BCUT2D eigenvalue weighted by Crippen LogP contribution is 2.18. The first kappa shape index (κ1) is 18.1. The lowest BCUT2D eigenvalue weighted by Crippen LogP contribution is -2.32. The fraction of sp³-hybridized carbons (Fsp3) is 0.625. The molecule has 21 heavy (non-hydrogen) atoms. The van der Waals surface area contributed by atoms with Gasteiger partial charge in [-0.25, -0.2) is 13.1 Å². The number of sulfonamides is 1. The Labute approximate surface area is 128 Å². The third kappa shape index (κ3) is 5.41. The summed E-state index contributed by atoms with van der Waals surface area (Å²) >= 11 is 0. The van der Waals surface area contributed by atoms with Crippen molar-refractivity contribution in [2.24, 2.45) is 0 Å². The number of nitrogens with one attached hydrogen (secondary N) is 1. The average molecular weight is 313 g/mol. The Balaban J connectivity index is 2.82. The molecule has 0 saturated carbocycles. The van der Waals surface area contributed by atoms with Gasteiger partial charge in [-0.1, -0.05) is 39.2 Å². The van der Waals surface area contributed by atoms with Crippen LogP contribution in [0.3, 0.4) is 0 Å². The van der Waals surface area contributed by atoms with Gasteiger partial charge in [0.25, 0.3) is 0 Å². The van der Waals surface area contributed by atoms with Gasteiger partial charge in [0.1, 0.15) is 0 Å². The molecule has 0 bridgehead atoms. The van der Waals surface area contributed by atoms with Gasteiger partial charge in [0.05, 0.1) is 11.5 Å². The maximum Gasteiger partial charge on any atom is 0.240 e. The van der Waals surface area contributed by atoms with E-state index in [4.69, 9.17) is 0 Å². The lowest BCUT2D eigenvalue weighted by Gasteiger charge is -2.15. The number of aryl methyl sites for hydroxylation is 1. The summed E-state index contributed by atoms with van der Waals surface area (Å²) in [5.74, 6) is 0. The number of rotatable bonds is 9. The first-order valence-electron chi connectivity index (χ1n) is 7.69. The highest BCUT2D eigenvalue weighted by Gasteiger charge is 2.18. The van der Waals surface area contributed by atoms with Crippen LogP contribution >= 0.6 is 0 Å². The van der Waals surface area contributed by atoms with Crippen LogP contribution in [0, 0.1) is 0 Å². The van der Waals surface area contributed by atoms with Crippen LogP contribution < -0.4 is 4.72 Å². The summed E-state index contributed by atoms with van der Waals surface area (Å²) in [5.41, 5.74) is 1.66. The normalized spacial score (nSPS) is 13.3. The van der Waals surface area contributed by atoms with E-state index >= 15 is 0 Å². The van der Waals surface area contributed by atoms with Crippen LogP contribution in [-0.2, 0) is 23.1 Å². The quantitative estimate of drug-likeness (QED) is 0.689. The molecule has 5 heteroatoms. The van der Waals surface area contributed by atoms with E-state index in [2.05, 4.69) is 11.6 Å². The minimum absolute atomic E-state index is 0.0787. The number of aliphatic hydroxyl groups excluding tert-OH is 1. The second kappa shape index (κ2) is 8.51. The second-order valence-electron chi connectivity index (χ2n) is 5.46. The number of hydrogen-bond acceptors (Lipinski definition) is 3. The molecule has 0 heterocycles. The average Bonchev–Trinajstić information content (AvgIpc) is 2.46. The topological polar surface area (TPSA) is 66.4 Å². The summed E-state index contributed by atoms with van der Waals surface area (Å²) in [7, 11) is -3.52. The van der Waals surface area contributed by atoms with Gasteiger partial charge in [-0.05, 0) is 43.0 Å². The number of benzene rings is 1. The number of unbranched alkanes of at least 4 members (excludes halogenated alkanes) is 2. The molecule has 0 fully saturated rings. The van der Waals surface area contributed by atoms with E-state index in [1.807, 2.05) is 13.8 Å². The molecule has 0 aliphatic heterocycles. The SMILES string of the molecule is CCCCCC(C)NS(=O)(=O)c1ccc(CC)c(CO)c1. The molecular formula is C16H27NO3S. The van der Waals surface area contributed by atoms with Crippen molar-refractivity contribution in [3.63, 3.8) is 0 Å². The van der Waals surface area contributed by atoms with Crippen molar-refractivity contribution in [1.29, 1.82) is 0 Å². The largest absolute Gasteiger partial charge is 0.392 e. The van der Waals surface area contributed by atoms with Crippen molar-refractivity contribution < 1.29 is 13.5 Å². The highest BCUT2D eigenvalue weighted by molar-refractivity contribution is 7.89. The van der Waals surface area contributed by atoms with Crippen LogP contribution in [0.15, 0.2) is 23.1 Å². The monoisotopic (exact) mass is 313 g/mol. The summed E-state index contributed by atoms with van der Waals surface area (Å²) in [6.45, 7) is 5.86. The standard InChI is InChI=1S/C16H27NO3S/c1-4-6-7-8-13(3)17-21(19,20)16-10-9-14(5-2)15(11-16)12-18/h9-11,13,17-18H,4-8,12H2,1-3H3. The zero-order chi connectivity index (χ0) is 15.9. The Kier molecular flexibility index (Phi) is 7.35. The van der Waals surface area contributed by atoms with E-state index in [0.717, 1.165) is 37.7 Å². The first-order valence-corrected chi connectivity index (χ1v) is 9.17. The van der Waals surface area contributed by atoms with Gasteiger partial charge in [0.2, 0.25) is 10.0 Å².